The number of halogens is 1. The molecule has 0 radical (unpaired) electrons. The highest BCUT2D eigenvalue weighted by molar-refractivity contribution is 7.21. The van der Waals surface area contributed by atoms with Gasteiger partial charge in [0.05, 0.1) is 18.2 Å². The molecular weight excluding hydrogens is 382 g/mol. The number of nitrogens with one attached hydrogen (secondary N) is 1. The molecule has 140 valence electrons. The SMILES string of the molecule is COc1ccc(NC(=O)c2sc3ccccc3c2Cl)cc1OC1CCCC1. The van der Waals surface area contributed by atoms with E-state index in [1.54, 1.807) is 13.2 Å². The summed E-state index contributed by atoms with van der Waals surface area (Å²) in [6.07, 6.45) is 4.69. The molecule has 0 atom stereocenters. The van der Waals surface area contributed by atoms with Gasteiger partial charge in [-0.3, -0.25) is 4.79 Å². The Balaban J connectivity index is 1.57. The maximum absolute atomic E-state index is 12.8. The fourth-order valence-electron chi connectivity index (χ4n) is 3.38. The first kappa shape index (κ1) is 18.1. The second-order valence-corrected chi connectivity index (χ2v) is 8.02. The quantitative estimate of drug-likeness (QED) is 0.558. The van der Waals surface area contributed by atoms with Gasteiger partial charge in [0.1, 0.15) is 4.88 Å². The molecule has 1 fully saturated rings. The number of anilines is 1. The first-order valence-electron chi connectivity index (χ1n) is 8.99. The Labute approximate surface area is 167 Å². The Morgan fingerprint density at radius 1 is 1.15 bits per heavy atom. The summed E-state index contributed by atoms with van der Waals surface area (Å²) < 4.78 is 12.5. The van der Waals surface area contributed by atoms with E-state index in [2.05, 4.69) is 5.32 Å². The Morgan fingerprint density at radius 2 is 1.93 bits per heavy atom. The largest absolute Gasteiger partial charge is 0.493 e. The van der Waals surface area contributed by atoms with Crippen LogP contribution in [0.5, 0.6) is 11.5 Å². The van der Waals surface area contributed by atoms with Gasteiger partial charge in [-0.05, 0) is 43.9 Å². The molecule has 0 unspecified atom stereocenters. The van der Waals surface area contributed by atoms with Crippen molar-refractivity contribution in [2.45, 2.75) is 31.8 Å². The van der Waals surface area contributed by atoms with Gasteiger partial charge in [-0.1, -0.05) is 29.8 Å². The van der Waals surface area contributed by atoms with Crippen LogP contribution in [-0.2, 0) is 0 Å². The molecule has 2 aromatic carbocycles. The van der Waals surface area contributed by atoms with E-state index in [0.717, 1.165) is 22.9 Å². The molecule has 1 saturated carbocycles. The Morgan fingerprint density at radius 3 is 2.67 bits per heavy atom. The zero-order valence-electron chi connectivity index (χ0n) is 15.0. The van der Waals surface area contributed by atoms with Crippen molar-refractivity contribution in [2.75, 3.05) is 12.4 Å². The lowest BCUT2D eigenvalue weighted by Gasteiger charge is -2.17. The minimum atomic E-state index is -0.224. The van der Waals surface area contributed by atoms with Gasteiger partial charge >= 0.3 is 0 Å². The fourth-order valence-corrected chi connectivity index (χ4v) is 4.79. The molecule has 27 heavy (non-hydrogen) atoms. The molecule has 0 saturated heterocycles. The predicted molar refractivity (Wildman–Crippen MR) is 111 cm³/mol. The number of hydrogen-bond acceptors (Lipinski definition) is 4. The minimum absolute atomic E-state index is 0.210. The predicted octanol–water partition coefficient (Wildman–Crippen LogP) is 6.14. The number of fused-ring (bicyclic) bond motifs is 1. The van der Waals surface area contributed by atoms with Gasteiger partial charge in [0, 0.05) is 21.8 Å². The molecule has 1 amide bonds. The van der Waals surface area contributed by atoms with E-state index in [9.17, 15) is 4.79 Å². The number of rotatable bonds is 5. The molecule has 4 rings (SSSR count). The first-order valence-corrected chi connectivity index (χ1v) is 10.2. The van der Waals surface area contributed by atoms with E-state index in [1.807, 2.05) is 36.4 Å². The average Bonchev–Trinajstić information content (AvgIpc) is 3.30. The summed E-state index contributed by atoms with van der Waals surface area (Å²) in [6, 6.07) is 13.2. The lowest BCUT2D eigenvalue weighted by atomic mass is 10.2. The molecular formula is C21H20ClNO3S. The van der Waals surface area contributed by atoms with Crippen LogP contribution in [0.25, 0.3) is 10.1 Å². The summed E-state index contributed by atoms with van der Waals surface area (Å²) in [4.78, 5) is 13.3. The lowest BCUT2D eigenvalue weighted by Crippen LogP contribution is -2.13. The van der Waals surface area contributed by atoms with E-state index in [0.29, 0.717) is 27.1 Å². The van der Waals surface area contributed by atoms with Crippen LogP contribution in [0.4, 0.5) is 5.69 Å². The van der Waals surface area contributed by atoms with Crippen molar-refractivity contribution in [2.24, 2.45) is 0 Å². The maximum atomic E-state index is 12.8. The molecule has 1 aliphatic carbocycles. The molecule has 1 aromatic heterocycles. The second kappa shape index (κ2) is 7.79. The highest BCUT2D eigenvalue weighted by atomic mass is 35.5. The Hall–Kier alpha value is -2.24. The van der Waals surface area contributed by atoms with Gasteiger partial charge in [-0.25, -0.2) is 0 Å². The molecule has 0 aliphatic heterocycles. The van der Waals surface area contributed by atoms with Crippen molar-refractivity contribution >= 4 is 44.6 Å². The van der Waals surface area contributed by atoms with Gasteiger partial charge in [-0.15, -0.1) is 11.3 Å². The zero-order valence-corrected chi connectivity index (χ0v) is 16.5. The van der Waals surface area contributed by atoms with E-state index < -0.39 is 0 Å². The van der Waals surface area contributed by atoms with Gasteiger partial charge in [0.25, 0.3) is 5.91 Å². The van der Waals surface area contributed by atoms with Gasteiger partial charge in [0.15, 0.2) is 11.5 Å². The number of methoxy groups -OCH3 is 1. The molecule has 6 heteroatoms. The zero-order chi connectivity index (χ0) is 18.8. The summed E-state index contributed by atoms with van der Waals surface area (Å²) in [5.74, 6) is 1.10. The van der Waals surface area contributed by atoms with E-state index in [1.165, 1.54) is 24.2 Å². The lowest BCUT2D eigenvalue weighted by molar-refractivity contribution is 0.103. The van der Waals surface area contributed by atoms with Crippen molar-refractivity contribution in [1.82, 2.24) is 0 Å². The number of benzene rings is 2. The fraction of sp³-hybridized carbons (Fsp3) is 0.286. The number of ether oxygens (including phenoxy) is 2. The Kier molecular flexibility index (Phi) is 5.23. The van der Waals surface area contributed by atoms with E-state index >= 15 is 0 Å². The maximum Gasteiger partial charge on any atom is 0.267 e. The monoisotopic (exact) mass is 401 g/mol. The van der Waals surface area contributed by atoms with Crippen LogP contribution in [0.1, 0.15) is 35.4 Å². The van der Waals surface area contributed by atoms with Crippen LogP contribution in [0.3, 0.4) is 0 Å². The van der Waals surface area contributed by atoms with Crippen molar-refractivity contribution < 1.29 is 14.3 Å². The molecule has 1 N–H and O–H groups in total. The molecule has 3 aromatic rings. The van der Waals surface area contributed by atoms with E-state index in [4.69, 9.17) is 21.1 Å². The molecule has 0 spiro atoms. The third kappa shape index (κ3) is 3.75. The van der Waals surface area contributed by atoms with Crippen molar-refractivity contribution in [3.8, 4) is 11.5 Å². The Bertz CT molecular complexity index is 979. The smallest absolute Gasteiger partial charge is 0.267 e. The third-order valence-electron chi connectivity index (χ3n) is 4.76. The number of amides is 1. The standard InChI is InChI=1S/C21H20ClNO3S/c1-25-16-11-10-13(12-17(16)26-14-6-2-3-7-14)23-21(24)20-19(22)15-8-4-5-9-18(15)27-20/h4-5,8-12,14H,2-3,6-7H2,1H3,(H,23,24). The number of carbonyl (C=O) groups excluding carboxylic acids is 1. The topological polar surface area (TPSA) is 47.6 Å². The van der Waals surface area contributed by atoms with Crippen LogP contribution >= 0.6 is 22.9 Å². The summed E-state index contributed by atoms with van der Waals surface area (Å²) in [6.45, 7) is 0. The van der Waals surface area contributed by atoms with Crippen LogP contribution < -0.4 is 14.8 Å². The normalized spacial score (nSPS) is 14.4. The summed E-state index contributed by atoms with van der Waals surface area (Å²) in [5.41, 5.74) is 0.655. The molecule has 1 heterocycles. The van der Waals surface area contributed by atoms with Gasteiger partial charge in [0.2, 0.25) is 0 Å². The van der Waals surface area contributed by atoms with Crippen LogP contribution in [-0.4, -0.2) is 19.1 Å². The highest BCUT2D eigenvalue weighted by Crippen LogP contribution is 2.37. The number of carbonyl (C=O) groups is 1. The highest BCUT2D eigenvalue weighted by Gasteiger charge is 2.20. The first-order chi connectivity index (χ1) is 13.2. The van der Waals surface area contributed by atoms with Gasteiger partial charge in [-0.2, -0.15) is 0 Å². The summed E-state index contributed by atoms with van der Waals surface area (Å²) >= 11 is 7.80. The van der Waals surface area contributed by atoms with Crippen molar-refractivity contribution in [1.29, 1.82) is 0 Å². The number of hydrogen-bond donors (Lipinski definition) is 1. The van der Waals surface area contributed by atoms with Crippen molar-refractivity contribution in [3.05, 3.63) is 52.4 Å². The van der Waals surface area contributed by atoms with Crippen molar-refractivity contribution in [3.63, 3.8) is 0 Å². The second-order valence-electron chi connectivity index (χ2n) is 6.59. The molecule has 1 aliphatic rings. The average molecular weight is 402 g/mol. The minimum Gasteiger partial charge on any atom is -0.493 e. The van der Waals surface area contributed by atoms with Gasteiger partial charge < -0.3 is 14.8 Å². The third-order valence-corrected chi connectivity index (χ3v) is 6.43. The summed E-state index contributed by atoms with van der Waals surface area (Å²) in [5, 5.41) is 4.32. The van der Waals surface area contributed by atoms with Crippen LogP contribution in [0.2, 0.25) is 5.02 Å². The van der Waals surface area contributed by atoms with Crippen LogP contribution in [0.15, 0.2) is 42.5 Å². The molecule has 0 bridgehead atoms. The number of thiophene rings is 1. The molecule has 4 nitrogen and oxygen atoms in total. The van der Waals surface area contributed by atoms with Crippen LogP contribution in [0, 0.1) is 0 Å². The van der Waals surface area contributed by atoms with E-state index in [-0.39, 0.29) is 12.0 Å². The summed E-state index contributed by atoms with van der Waals surface area (Å²) in [7, 11) is 1.62.